The minimum atomic E-state index is -0.854. The van der Waals surface area contributed by atoms with E-state index in [0.29, 0.717) is 13.0 Å². The van der Waals surface area contributed by atoms with Crippen LogP contribution in [0.3, 0.4) is 0 Å². The molecular formula is C9H16N2O3. The first-order chi connectivity index (χ1) is 6.61. The molecule has 5 heteroatoms. The fraction of sp³-hybridized carbons (Fsp3) is 0.778. The SMILES string of the molecule is NC(=O)CN1CCCCCC1C(=O)O. The van der Waals surface area contributed by atoms with Gasteiger partial charge in [-0.2, -0.15) is 0 Å². The zero-order valence-corrected chi connectivity index (χ0v) is 8.11. The van der Waals surface area contributed by atoms with Gasteiger partial charge in [-0.3, -0.25) is 14.5 Å². The van der Waals surface area contributed by atoms with Crippen molar-refractivity contribution in [3.8, 4) is 0 Å². The van der Waals surface area contributed by atoms with Crippen molar-refractivity contribution in [2.24, 2.45) is 5.73 Å². The molecule has 1 rings (SSSR count). The monoisotopic (exact) mass is 200 g/mol. The van der Waals surface area contributed by atoms with Gasteiger partial charge in [-0.15, -0.1) is 0 Å². The molecular weight excluding hydrogens is 184 g/mol. The zero-order chi connectivity index (χ0) is 10.6. The molecule has 1 heterocycles. The number of aliphatic carboxylic acids is 1. The van der Waals surface area contributed by atoms with Gasteiger partial charge in [0.05, 0.1) is 6.54 Å². The normalized spacial score (nSPS) is 24.1. The molecule has 14 heavy (non-hydrogen) atoms. The van der Waals surface area contributed by atoms with Crippen LogP contribution in [0.2, 0.25) is 0 Å². The molecule has 1 aliphatic heterocycles. The third-order valence-corrected chi connectivity index (χ3v) is 2.51. The molecule has 0 aromatic heterocycles. The van der Waals surface area contributed by atoms with Crippen LogP contribution in [0.5, 0.6) is 0 Å². The van der Waals surface area contributed by atoms with Gasteiger partial charge in [0, 0.05) is 0 Å². The van der Waals surface area contributed by atoms with E-state index in [1.165, 1.54) is 0 Å². The van der Waals surface area contributed by atoms with Gasteiger partial charge in [-0.1, -0.05) is 12.8 Å². The van der Waals surface area contributed by atoms with Crippen molar-refractivity contribution in [1.29, 1.82) is 0 Å². The van der Waals surface area contributed by atoms with E-state index in [2.05, 4.69) is 0 Å². The lowest BCUT2D eigenvalue weighted by Gasteiger charge is -2.24. The molecule has 0 spiro atoms. The summed E-state index contributed by atoms with van der Waals surface area (Å²) in [5, 5.41) is 8.95. The highest BCUT2D eigenvalue weighted by atomic mass is 16.4. The van der Waals surface area contributed by atoms with Crippen LogP contribution in [0.4, 0.5) is 0 Å². The maximum Gasteiger partial charge on any atom is 0.320 e. The highest BCUT2D eigenvalue weighted by Crippen LogP contribution is 2.16. The van der Waals surface area contributed by atoms with E-state index in [9.17, 15) is 9.59 Å². The summed E-state index contributed by atoms with van der Waals surface area (Å²) in [6, 6.07) is -0.537. The smallest absolute Gasteiger partial charge is 0.320 e. The molecule has 0 saturated carbocycles. The molecule has 3 N–H and O–H groups in total. The summed E-state index contributed by atoms with van der Waals surface area (Å²) in [7, 11) is 0. The quantitative estimate of drug-likeness (QED) is 0.661. The standard InChI is InChI=1S/C9H16N2O3/c10-8(12)6-11-5-3-1-2-4-7(11)9(13)14/h7H,1-6H2,(H2,10,12)(H,13,14). The molecule has 5 nitrogen and oxygen atoms in total. The van der Waals surface area contributed by atoms with Gasteiger partial charge in [0.15, 0.2) is 0 Å². The highest BCUT2D eigenvalue weighted by Gasteiger charge is 2.27. The average molecular weight is 200 g/mol. The molecule has 1 aliphatic rings. The van der Waals surface area contributed by atoms with Crippen LogP contribution in [-0.2, 0) is 9.59 Å². The van der Waals surface area contributed by atoms with Crippen LogP contribution in [0, 0.1) is 0 Å². The van der Waals surface area contributed by atoms with Crippen LogP contribution >= 0.6 is 0 Å². The van der Waals surface area contributed by atoms with Crippen LogP contribution < -0.4 is 5.73 Å². The maximum atomic E-state index is 10.9. The first-order valence-electron chi connectivity index (χ1n) is 4.86. The van der Waals surface area contributed by atoms with Crippen molar-refractivity contribution < 1.29 is 14.7 Å². The van der Waals surface area contributed by atoms with E-state index >= 15 is 0 Å². The second-order valence-electron chi connectivity index (χ2n) is 3.64. The number of carboxylic acid groups (broad SMARTS) is 1. The predicted molar refractivity (Wildman–Crippen MR) is 50.7 cm³/mol. The van der Waals surface area contributed by atoms with E-state index in [1.807, 2.05) is 0 Å². The van der Waals surface area contributed by atoms with Gasteiger partial charge >= 0.3 is 5.97 Å². The zero-order valence-electron chi connectivity index (χ0n) is 8.11. The molecule has 0 bridgehead atoms. The second-order valence-corrected chi connectivity index (χ2v) is 3.64. The van der Waals surface area contributed by atoms with E-state index in [0.717, 1.165) is 19.3 Å². The molecule has 0 aromatic carbocycles. The van der Waals surface area contributed by atoms with E-state index in [-0.39, 0.29) is 6.54 Å². The summed E-state index contributed by atoms with van der Waals surface area (Å²) in [4.78, 5) is 23.3. The van der Waals surface area contributed by atoms with Crippen LogP contribution in [0.1, 0.15) is 25.7 Å². The number of likely N-dealkylation sites (tertiary alicyclic amines) is 1. The summed E-state index contributed by atoms with van der Waals surface area (Å²) in [6.45, 7) is 0.705. The topological polar surface area (TPSA) is 83.6 Å². The van der Waals surface area contributed by atoms with Crippen molar-refractivity contribution in [1.82, 2.24) is 4.90 Å². The summed E-state index contributed by atoms with van der Waals surface area (Å²) < 4.78 is 0. The molecule has 80 valence electrons. The molecule has 0 radical (unpaired) electrons. The second kappa shape index (κ2) is 4.95. The average Bonchev–Trinajstić information content (AvgIpc) is 2.28. The summed E-state index contributed by atoms with van der Waals surface area (Å²) in [5.41, 5.74) is 5.06. The molecule has 1 saturated heterocycles. The van der Waals surface area contributed by atoms with Crippen LogP contribution in [0.25, 0.3) is 0 Å². The number of nitrogens with zero attached hydrogens (tertiary/aromatic N) is 1. The lowest BCUT2D eigenvalue weighted by atomic mass is 10.1. The number of carboxylic acids is 1. The summed E-state index contributed by atoms with van der Waals surface area (Å²) in [6.07, 6.45) is 3.49. The lowest BCUT2D eigenvalue weighted by Crippen LogP contribution is -2.45. The van der Waals surface area contributed by atoms with Crippen molar-refractivity contribution in [3.63, 3.8) is 0 Å². The van der Waals surface area contributed by atoms with Crippen molar-refractivity contribution in [2.45, 2.75) is 31.7 Å². The minimum absolute atomic E-state index is 0.0525. The fourth-order valence-electron chi connectivity index (χ4n) is 1.84. The fourth-order valence-corrected chi connectivity index (χ4v) is 1.84. The Morgan fingerprint density at radius 3 is 2.64 bits per heavy atom. The van der Waals surface area contributed by atoms with Gasteiger partial charge in [0.25, 0.3) is 0 Å². The largest absolute Gasteiger partial charge is 0.480 e. The number of primary amides is 1. The molecule has 0 aliphatic carbocycles. The molecule has 1 atom stereocenters. The lowest BCUT2D eigenvalue weighted by molar-refractivity contribution is -0.143. The van der Waals surface area contributed by atoms with Gasteiger partial charge in [0.2, 0.25) is 5.91 Å². The number of carbonyl (C=O) groups is 2. The Hall–Kier alpha value is -1.10. The Morgan fingerprint density at radius 2 is 2.07 bits per heavy atom. The number of hydrogen-bond donors (Lipinski definition) is 2. The number of carbonyl (C=O) groups excluding carboxylic acids is 1. The number of amides is 1. The Morgan fingerprint density at radius 1 is 1.36 bits per heavy atom. The summed E-state index contributed by atoms with van der Waals surface area (Å²) >= 11 is 0. The number of rotatable bonds is 3. The Kier molecular flexibility index (Phi) is 3.88. The van der Waals surface area contributed by atoms with Crippen molar-refractivity contribution >= 4 is 11.9 Å². The third kappa shape index (κ3) is 2.99. The Bertz CT molecular complexity index is 230. The number of hydrogen-bond acceptors (Lipinski definition) is 3. The van der Waals surface area contributed by atoms with Crippen LogP contribution in [-0.4, -0.2) is 41.0 Å². The summed E-state index contributed by atoms with van der Waals surface area (Å²) in [5.74, 6) is -1.31. The number of nitrogens with two attached hydrogens (primary N) is 1. The Labute approximate surface area is 82.9 Å². The Balaban J connectivity index is 2.63. The van der Waals surface area contributed by atoms with E-state index < -0.39 is 17.9 Å². The molecule has 1 amide bonds. The van der Waals surface area contributed by atoms with Crippen molar-refractivity contribution in [2.75, 3.05) is 13.1 Å². The third-order valence-electron chi connectivity index (χ3n) is 2.51. The van der Waals surface area contributed by atoms with Gasteiger partial charge in [-0.25, -0.2) is 0 Å². The van der Waals surface area contributed by atoms with E-state index in [4.69, 9.17) is 10.8 Å². The molecule has 1 fully saturated rings. The molecule has 1 unspecified atom stereocenters. The first kappa shape index (κ1) is 11.0. The maximum absolute atomic E-state index is 10.9. The minimum Gasteiger partial charge on any atom is -0.480 e. The van der Waals surface area contributed by atoms with Crippen molar-refractivity contribution in [3.05, 3.63) is 0 Å². The van der Waals surface area contributed by atoms with Gasteiger partial charge in [-0.05, 0) is 19.4 Å². The van der Waals surface area contributed by atoms with Crippen LogP contribution in [0.15, 0.2) is 0 Å². The predicted octanol–water partition coefficient (Wildman–Crippen LogP) is -0.199. The molecule has 0 aromatic rings. The van der Waals surface area contributed by atoms with Gasteiger partial charge in [0.1, 0.15) is 6.04 Å². The van der Waals surface area contributed by atoms with Gasteiger partial charge < -0.3 is 10.8 Å². The highest BCUT2D eigenvalue weighted by molar-refractivity contribution is 5.78. The van der Waals surface area contributed by atoms with E-state index in [1.54, 1.807) is 4.90 Å². The first-order valence-corrected chi connectivity index (χ1v) is 4.86.